The number of hydrogen-bond acceptors (Lipinski definition) is 4. The summed E-state index contributed by atoms with van der Waals surface area (Å²) in [7, 11) is 3.29. The first-order valence-electron chi connectivity index (χ1n) is 9.52. The van der Waals surface area contributed by atoms with Crippen molar-refractivity contribution in [1.29, 1.82) is 0 Å². The highest BCUT2D eigenvalue weighted by atomic mass is 16.5. The molecule has 0 spiro atoms. The van der Waals surface area contributed by atoms with Crippen LogP contribution < -0.4 is 19.7 Å². The fourth-order valence-electron chi connectivity index (χ4n) is 4.29. The summed E-state index contributed by atoms with van der Waals surface area (Å²) in [5.74, 6) is 1.52. The first-order valence-corrected chi connectivity index (χ1v) is 9.52. The maximum atomic E-state index is 12.5. The van der Waals surface area contributed by atoms with Crippen LogP contribution in [0.2, 0.25) is 0 Å². The van der Waals surface area contributed by atoms with E-state index >= 15 is 0 Å². The molecule has 1 amide bonds. The largest absolute Gasteiger partial charge is 0.497 e. The van der Waals surface area contributed by atoms with E-state index in [0.29, 0.717) is 6.42 Å². The maximum Gasteiger partial charge on any atom is 0.225 e. The number of hydrogen-bond donors (Lipinski definition) is 1. The predicted octanol–water partition coefficient (Wildman–Crippen LogP) is 4.09. The fraction of sp³-hybridized carbons (Fsp3) is 0.409. The van der Waals surface area contributed by atoms with Crippen molar-refractivity contribution < 1.29 is 14.3 Å². The van der Waals surface area contributed by atoms with Gasteiger partial charge in [0, 0.05) is 42.9 Å². The van der Waals surface area contributed by atoms with Gasteiger partial charge in [0.2, 0.25) is 5.91 Å². The van der Waals surface area contributed by atoms with E-state index in [1.54, 1.807) is 14.2 Å². The molecule has 0 saturated carbocycles. The van der Waals surface area contributed by atoms with Crippen molar-refractivity contribution in [2.45, 2.75) is 32.1 Å². The molecule has 2 aromatic carbocycles. The van der Waals surface area contributed by atoms with Crippen molar-refractivity contribution in [3.8, 4) is 11.5 Å². The van der Waals surface area contributed by atoms with E-state index in [1.807, 2.05) is 18.2 Å². The van der Waals surface area contributed by atoms with Gasteiger partial charge in [-0.15, -0.1) is 0 Å². The fourth-order valence-corrected chi connectivity index (χ4v) is 4.29. The zero-order valence-electron chi connectivity index (χ0n) is 16.2. The van der Waals surface area contributed by atoms with Gasteiger partial charge in [-0.2, -0.15) is 0 Å². The number of carbonyl (C=O) groups is 1. The number of nitrogens with zero attached hydrogens (tertiary/aromatic N) is 1. The number of anilines is 2. The van der Waals surface area contributed by atoms with E-state index in [4.69, 9.17) is 9.47 Å². The number of rotatable bonds is 4. The zero-order chi connectivity index (χ0) is 19.0. The molecule has 5 heteroatoms. The second kappa shape index (κ2) is 7.14. The Labute approximate surface area is 160 Å². The molecule has 2 heterocycles. The Kier molecular flexibility index (Phi) is 4.68. The molecule has 0 aromatic heterocycles. The minimum absolute atomic E-state index is 0.0101. The van der Waals surface area contributed by atoms with E-state index < -0.39 is 0 Å². The van der Waals surface area contributed by atoms with Crippen molar-refractivity contribution in [3.05, 3.63) is 47.0 Å². The van der Waals surface area contributed by atoms with Crippen LogP contribution in [0.5, 0.6) is 11.5 Å². The van der Waals surface area contributed by atoms with Gasteiger partial charge < -0.3 is 19.7 Å². The summed E-state index contributed by atoms with van der Waals surface area (Å²) < 4.78 is 10.9. The van der Waals surface area contributed by atoms with Crippen LogP contribution in [0.25, 0.3) is 0 Å². The molecule has 4 rings (SSSR count). The summed E-state index contributed by atoms with van der Waals surface area (Å²) >= 11 is 0. The molecule has 2 aromatic rings. The van der Waals surface area contributed by atoms with Gasteiger partial charge in [-0.1, -0.05) is 6.07 Å². The molecule has 2 aliphatic heterocycles. The lowest BCUT2D eigenvalue weighted by Gasteiger charge is -2.30. The number of benzene rings is 2. The maximum absolute atomic E-state index is 12.5. The molecule has 0 radical (unpaired) electrons. The van der Waals surface area contributed by atoms with Gasteiger partial charge in [-0.3, -0.25) is 4.79 Å². The van der Waals surface area contributed by atoms with Gasteiger partial charge >= 0.3 is 0 Å². The smallest absolute Gasteiger partial charge is 0.225 e. The SMILES string of the molecule is COc1cc(OC)cc(C2CC(=O)Nc3c2ccc(N2CCCC2)c3C)c1. The van der Waals surface area contributed by atoms with Crippen LogP contribution in [-0.2, 0) is 4.79 Å². The van der Waals surface area contributed by atoms with E-state index in [9.17, 15) is 4.79 Å². The molecule has 1 atom stereocenters. The molecule has 27 heavy (non-hydrogen) atoms. The third kappa shape index (κ3) is 3.22. The van der Waals surface area contributed by atoms with Gasteiger partial charge in [0.05, 0.1) is 14.2 Å². The highest BCUT2D eigenvalue weighted by Gasteiger charge is 2.30. The van der Waals surface area contributed by atoms with Gasteiger partial charge in [0.15, 0.2) is 0 Å². The van der Waals surface area contributed by atoms with Crippen molar-refractivity contribution in [2.75, 3.05) is 37.5 Å². The number of ether oxygens (including phenoxy) is 2. The van der Waals surface area contributed by atoms with Crippen LogP contribution >= 0.6 is 0 Å². The Balaban J connectivity index is 1.79. The quantitative estimate of drug-likeness (QED) is 0.886. The van der Waals surface area contributed by atoms with Crippen LogP contribution in [0, 0.1) is 6.92 Å². The van der Waals surface area contributed by atoms with E-state index in [-0.39, 0.29) is 11.8 Å². The molecule has 0 bridgehead atoms. The number of methoxy groups -OCH3 is 2. The molecule has 2 aliphatic rings. The summed E-state index contributed by atoms with van der Waals surface area (Å²) in [5, 5.41) is 3.12. The normalized spacial score (nSPS) is 18.9. The average molecular weight is 366 g/mol. The van der Waals surface area contributed by atoms with Gasteiger partial charge in [-0.05, 0) is 54.7 Å². The van der Waals surface area contributed by atoms with Crippen molar-refractivity contribution in [1.82, 2.24) is 0 Å². The van der Waals surface area contributed by atoms with Crippen molar-refractivity contribution in [2.24, 2.45) is 0 Å². The molecule has 5 nitrogen and oxygen atoms in total. The molecule has 0 aliphatic carbocycles. The van der Waals surface area contributed by atoms with Crippen LogP contribution in [-0.4, -0.2) is 33.2 Å². The molecule has 1 fully saturated rings. The minimum atomic E-state index is -0.0101. The second-order valence-electron chi connectivity index (χ2n) is 7.32. The molecule has 1 unspecified atom stereocenters. The summed E-state index contributed by atoms with van der Waals surface area (Å²) in [6.45, 7) is 4.29. The zero-order valence-corrected chi connectivity index (χ0v) is 16.2. The Hall–Kier alpha value is -2.69. The predicted molar refractivity (Wildman–Crippen MR) is 107 cm³/mol. The van der Waals surface area contributed by atoms with E-state index in [1.165, 1.54) is 18.5 Å². The Morgan fingerprint density at radius 3 is 2.33 bits per heavy atom. The topological polar surface area (TPSA) is 50.8 Å². The average Bonchev–Trinajstić information content (AvgIpc) is 3.22. The van der Waals surface area contributed by atoms with Crippen molar-refractivity contribution in [3.63, 3.8) is 0 Å². The van der Waals surface area contributed by atoms with Crippen LogP contribution in [0.4, 0.5) is 11.4 Å². The second-order valence-corrected chi connectivity index (χ2v) is 7.32. The lowest BCUT2D eigenvalue weighted by Crippen LogP contribution is -2.26. The molecular weight excluding hydrogens is 340 g/mol. The molecular formula is C22H26N2O3. The Morgan fingerprint density at radius 2 is 1.70 bits per heavy atom. The lowest BCUT2D eigenvalue weighted by molar-refractivity contribution is -0.116. The standard InChI is InChI=1S/C22H26N2O3/c1-14-20(24-8-4-5-9-24)7-6-18-19(13-21(25)23-22(14)18)15-10-16(26-2)12-17(11-15)27-3/h6-7,10-12,19H,4-5,8-9,13H2,1-3H3,(H,23,25). The number of nitrogens with one attached hydrogen (secondary N) is 1. The highest BCUT2D eigenvalue weighted by Crippen LogP contribution is 2.43. The van der Waals surface area contributed by atoms with E-state index in [0.717, 1.165) is 47.0 Å². The first-order chi connectivity index (χ1) is 13.1. The highest BCUT2D eigenvalue weighted by molar-refractivity contribution is 5.97. The summed E-state index contributed by atoms with van der Waals surface area (Å²) in [6, 6.07) is 10.2. The first kappa shape index (κ1) is 17.7. The Bertz CT molecular complexity index is 850. The monoisotopic (exact) mass is 366 g/mol. The van der Waals surface area contributed by atoms with Crippen molar-refractivity contribution >= 4 is 17.3 Å². The molecule has 1 saturated heterocycles. The van der Waals surface area contributed by atoms with Crippen LogP contribution in [0.1, 0.15) is 41.9 Å². The Morgan fingerprint density at radius 1 is 1.04 bits per heavy atom. The minimum Gasteiger partial charge on any atom is -0.497 e. The molecule has 1 N–H and O–H groups in total. The third-order valence-electron chi connectivity index (χ3n) is 5.72. The van der Waals surface area contributed by atoms with E-state index in [2.05, 4.69) is 29.3 Å². The third-order valence-corrected chi connectivity index (χ3v) is 5.72. The number of fused-ring (bicyclic) bond motifs is 1. The molecule has 142 valence electrons. The van der Waals surface area contributed by atoms with Gasteiger partial charge in [0.25, 0.3) is 0 Å². The lowest BCUT2D eigenvalue weighted by atomic mass is 9.83. The summed E-state index contributed by atoms with van der Waals surface area (Å²) in [5.41, 5.74) is 5.54. The summed E-state index contributed by atoms with van der Waals surface area (Å²) in [6.07, 6.45) is 2.88. The van der Waals surface area contributed by atoms with Crippen LogP contribution in [0.3, 0.4) is 0 Å². The van der Waals surface area contributed by atoms with Gasteiger partial charge in [0.1, 0.15) is 11.5 Å². The van der Waals surface area contributed by atoms with Crippen LogP contribution in [0.15, 0.2) is 30.3 Å². The number of amides is 1. The van der Waals surface area contributed by atoms with Gasteiger partial charge in [-0.25, -0.2) is 0 Å². The summed E-state index contributed by atoms with van der Waals surface area (Å²) in [4.78, 5) is 14.9. The number of carbonyl (C=O) groups excluding carboxylic acids is 1.